The molecule has 0 aliphatic rings. The third-order valence-corrected chi connectivity index (χ3v) is 2.66. The lowest BCUT2D eigenvalue weighted by molar-refractivity contribution is 0.862. The maximum Gasteiger partial charge on any atom is 0.0478 e. The van der Waals surface area contributed by atoms with Crippen molar-refractivity contribution in [1.82, 2.24) is 0 Å². The number of hydrogen-bond acceptors (Lipinski definition) is 2. The van der Waals surface area contributed by atoms with Crippen LogP contribution in [0.4, 0.5) is 5.69 Å². The van der Waals surface area contributed by atoms with Gasteiger partial charge in [0.1, 0.15) is 0 Å². The molecule has 0 bridgehead atoms. The molecule has 1 aromatic rings. The van der Waals surface area contributed by atoms with E-state index in [4.69, 9.17) is 5.73 Å². The Morgan fingerprint density at radius 3 is 2.20 bits per heavy atom. The number of anilines is 1. The first kappa shape index (κ1) is 11.8. The molecule has 0 aliphatic heterocycles. The van der Waals surface area contributed by atoms with Gasteiger partial charge in [0.25, 0.3) is 0 Å². The molecule has 82 valence electrons. The molecule has 0 aliphatic carbocycles. The smallest absolute Gasteiger partial charge is 0.0478 e. The third-order valence-electron chi connectivity index (χ3n) is 2.66. The summed E-state index contributed by atoms with van der Waals surface area (Å²) in [4.78, 5) is 2.31. The molecular formula is C13H20N2. The van der Waals surface area contributed by atoms with E-state index in [9.17, 15) is 0 Å². The van der Waals surface area contributed by atoms with Gasteiger partial charge in [-0.15, -0.1) is 6.58 Å². The van der Waals surface area contributed by atoms with E-state index < -0.39 is 0 Å². The van der Waals surface area contributed by atoms with Gasteiger partial charge in [-0.2, -0.15) is 0 Å². The van der Waals surface area contributed by atoms with E-state index in [1.807, 2.05) is 0 Å². The molecule has 0 spiro atoms. The fraction of sp³-hybridized carbons (Fsp3) is 0.385. The summed E-state index contributed by atoms with van der Waals surface area (Å²) in [6, 6.07) is 8.31. The maximum absolute atomic E-state index is 5.85. The Balaban J connectivity index is 2.84. The van der Waals surface area contributed by atoms with Gasteiger partial charge in [-0.3, -0.25) is 0 Å². The highest BCUT2D eigenvalue weighted by atomic mass is 15.1. The monoisotopic (exact) mass is 204 g/mol. The SMILES string of the molecule is C=C[C@H](N)c1ccc(N(CC)CC)cc1. The van der Waals surface area contributed by atoms with E-state index in [-0.39, 0.29) is 6.04 Å². The fourth-order valence-corrected chi connectivity index (χ4v) is 1.63. The van der Waals surface area contributed by atoms with Gasteiger partial charge >= 0.3 is 0 Å². The van der Waals surface area contributed by atoms with Crippen molar-refractivity contribution in [2.75, 3.05) is 18.0 Å². The summed E-state index contributed by atoms with van der Waals surface area (Å²) in [5.74, 6) is 0. The first-order valence-corrected chi connectivity index (χ1v) is 5.46. The molecule has 15 heavy (non-hydrogen) atoms. The van der Waals surface area contributed by atoms with E-state index in [0.29, 0.717) is 0 Å². The molecule has 0 heterocycles. The van der Waals surface area contributed by atoms with Crippen LogP contribution in [-0.4, -0.2) is 13.1 Å². The van der Waals surface area contributed by atoms with Gasteiger partial charge in [0, 0.05) is 24.8 Å². The number of benzene rings is 1. The zero-order valence-electron chi connectivity index (χ0n) is 9.61. The van der Waals surface area contributed by atoms with Crippen LogP contribution in [0.25, 0.3) is 0 Å². The lowest BCUT2D eigenvalue weighted by Gasteiger charge is -2.21. The zero-order chi connectivity index (χ0) is 11.3. The van der Waals surface area contributed by atoms with Gasteiger partial charge in [-0.25, -0.2) is 0 Å². The largest absolute Gasteiger partial charge is 0.372 e. The lowest BCUT2D eigenvalue weighted by Crippen LogP contribution is -2.21. The molecule has 0 saturated heterocycles. The molecule has 0 aromatic heterocycles. The van der Waals surface area contributed by atoms with Gasteiger partial charge in [0.05, 0.1) is 0 Å². The number of hydrogen-bond donors (Lipinski definition) is 1. The first-order valence-electron chi connectivity index (χ1n) is 5.46. The van der Waals surface area contributed by atoms with Crippen LogP contribution in [0.5, 0.6) is 0 Å². The van der Waals surface area contributed by atoms with Gasteiger partial charge in [0.15, 0.2) is 0 Å². The van der Waals surface area contributed by atoms with Crippen molar-refractivity contribution in [3.05, 3.63) is 42.5 Å². The van der Waals surface area contributed by atoms with Gasteiger partial charge in [0.2, 0.25) is 0 Å². The second-order valence-electron chi connectivity index (χ2n) is 3.53. The number of rotatable bonds is 5. The van der Waals surface area contributed by atoms with Crippen molar-refractivity contribution in [1.29, 1.82) is 0 Å². The summed E-state index contributed by atoms with van der Waals surface area (Å²) in [7, 11) is 0. The normalized spacial score (nSPS) is 12.2. The van der Waals surface area contributed by atoms with E-state index in [0.717, 1.165) is 18.7 Å². The Labute approximate surface area is 92.4 Å². The topological polar surface area (TPSA) is 29.3 Å². The van der Waals surface area contributed by atoms with E-state index >= 15 is 0 Å². The summed E-state index contributed by atoms with van der Waals surface area (Å²) in [5.41, 5.74) is 8.22. The van der Waals surface area contributed by atoms with Gasteiger partial charge in [-0.1, -0.05) is 18.2 Å². The lowest BCUT2D eigenvalue weighted by atomic mass is 10.1. The van der Waals surface area contributed by atoms with Crippen LogP contribution >= 0.6 is 0 Å². The van der Waals surface area contributed by atoms with Crippen molar-refractivity contribution in [2.24, 2.45) is 5.73 Å². The van der Waals surface area contributed by atoms with Crippen LogP contribution in [0.15, 0.2) is 36.9 Å². The number of nitrogens with two attached hydrogens (primary N) is 1. The predicted molar refractivity (Wildman–Crippen MR) is 67.1 cm³/mol. The Hall–Kier alpha value is -1.28. The molecule has 1 atom stereocenters. The predicted octanol–water partition coefficient (Wildman–Crippen LogP) is 2.72. The summed E-state index contributed by atoms with van der Waals surface area (Å²) in [5, 5.41) is 0. The summed E-state index contributed by atoms with van der Waals surface area (Å²) in [6.07, 6.45) is 1.76. The van der Waals surface area contributed by atoms with E-state index in [2.05, 4.69) is 49.6 Å². The summed E-state index contributed by atoms with van der Waals surface area (Å²) in [6.45, 7) is 10.1. The molecule has 2 heteroatoms. The third kappa shape index (κ3) is 2.83. The zero-order valence-corrected chi connectivity index (χ0v) is 9.61. The molecule has 0 saturated carbocycles. The Bertz CT molecular complexity index is 299. The Morgan fingerprint density at radius 2 is 1.80 bits per heavy atom. The Morgan fingerprint density at radius 1 is 1.27 bits per heavy atom. The Kier molecular flexibility index (Phi) is 4.37. The average Bonchev–Trinajstić information content (AvgIpc) is 2.30. The fourth-order valence-electron chi connectivity index (χ4n) is 1.63. The van der Waals surface area contributed by atoms with Crippen LogP contribution in [0.3, 0.4) is 0 Å². The maximum atomic E-state index is 5.85. The van der Waals surface area contributed by atoms with Crippen LogP contribution in [0, 0.1) is 0 Å². The highest BCUT2D eigenvalue weighted by Gasteiger charge is 2.03. The van der Waals surface area contributed by atoms with Crippen LogP contribution in [0.1, 0.15) is 25.5 Å². The minimum Gasteiger partial charge on any atom is -0.372 e. The number of nitrogens with zero attached hydrogens (tertiary/aromatic N) is 1. The quantitative estimate of drug-likeness (QED) is 0.747. The molecule has 0 radical (unpaired) electrons. The average molecular weight is 204 g/mol. The second-order valence-corrected chi connectivity index (χ2v) is 3.53. The molecule has 2 N–H and O–H groups in total. The van der Waals surface area contributed by atoms with Crippen molar-refractivity contribution in [3.63, 3.8) is 0 Å². The van der Waals surface area contributed by atoms with Crippen molar-refractivity contribution >= 4 is 5.69 Å². The molecule has 1 aromatic carbocycles. The van der Waals surface area contributed by atoms with Crippen molar-refractivity contribution < 1.29 is 0 Å². The molecule has 0 fully saturated rings. The van der Waals surface area contributed by atoms with E-state index in [1.54, 1.807) is 6.08 Å². The van der Waals surface area contributed by atoms with Crippen LogP contribution in [0.2, 0.25) is 0 Å². The summed E-state index contributed by atoms with van der Waals surface area (Å²) < 4.78 is 0. The van der Waals surface area contributed by atoms with E-state index in [1.165, 1.54) is 5.69 Å². The molecular weight excluding hydrogens is 184 g/mol. The highest BCUT2D eigenvalue weighted by molar-refractivity contribution is 5.48. The highest BCUT2D eigenvalue weighted by Crippen LogP contribution is 2.18. The van der Waals surface area contributed by atoms with Gasteiger partial charge in [-0.05, 0) is 31.5 Å². The van der Waals surface area contributed by atoms with Crippen molar-refractivity contribution in [3.8, 4) is 0 Å². The molecule has 0 amide bonds. The second kappa shape index (κ2) is 5.56. The van der Waals surface area contributed by atoms with Crippen LogP contribution < -0.4 is 10.6 Å². The van der Waals surface area contributed by atoms with Crippen LogP contribution in [-0.2, 0) is 0 Å². The minimum atomic E-state index is -0.0595. The molecule has 2 nitrogen and oxygen atoms in total. The molecule has 0 unspecified atom stereocenters. The first-order chi connectivity index (χ1) is 7.22. The minimum absolute atomic E-state index is 0.0595. The van der Waals surface area contributed by atoms with Crippen molar-refractivity contribution in [2.45, 2.75) is 19.9 Å². The standard InChI is InChI=1S/C13H20N2/c1-4-13(14)11-7-9-12(10-8-11)15(5-2)6-3/h4,7-10,13H,1,5-6,14H2,2-3H3/t13-/m0/s1. The molecule has 1 rings (SSSR count). The van der Waals surface area contributed by atoms with Gasteiger partial charge < -0.3 is 10.6 Å². The summed E-state index contributed by atoms with van der Waals surface area (Å²) >= 11 is 0.